The van der Waals surface area contributed by atoms with Gasteiger partial charge in [-0.15, -0.1) is 0 Å². The molecule has 2 aliphatic carbocycles. The van der Waals surface area contributed by atoms with Crippen molar-refractivity contribution >= 4 is 0 Å². The van der Waals surface area contributed by atoms with Gasteiger partial charge in [0.15, 0.2) is 0 Å². The van der Waals surface area contributed by atoms with Crippen molar-refractivity contribution in [1.82, 2.24) is 0 Å². The molecule has 0 aromatic heterocycles. The van der Waals surface area contributed by atoms with Crippen molar-refractivity contribution in [2.24, 2.45) is 17.8 Å². The lowest BCUT2D eigenvalue weighted by Crippen LogP contribution is -2.28. The minimum Gasteiger partial charge on any atom is -0.378 e. The maximum Gasteiger partial charge on any atom is 0.0575 e. The molecule has 0 N–H and O–H groups in total. The van der Waals surface area contributed by atoms with Gasteiger partial charge in [-0.1, -0.05) is 44.1 Å². The minimum absolute atomic E-state index is 0.549. The van der Waals surface area contributed by atoms with Gasteiger partial charge in [-0.05, 0) is 88.9 Å². The van der Waals surface area contributed by atoms with Gasteiger partial charge in [-0.25, -0.2) is 0 Å². The molecule has 2 aliphatic rings. The van der Waals surface area contributed by atoms with Crippen LogP contribution in [0.1, 0.15) is 90.9 Å². The highest BCUT2D eigenvalue weighted by atomic mass is 16.5. The van der Waals surface area contributed by atoms with Gasteiger partial charge in [-0.2, -0.15) is 0 Å². The van der Waals surface area contributed by atoms with Gasteiger partial charge in [-0.3, -0.25) is 0 Å². The first kappa shape index (κ1) is 19.8. The molecule has 0 aliphatic heterocycles. The van der Waals surface area contributed by atoms with E-state index in [-0.39, 0.29) is 0 Å². The third kappa shape index (κ3) is 7.13. The lowest BCUT2D eigenvalue weighted by molar-refractivity contribution is 0.00913. The predicted octanol–water partition coefficient (Wildman–Crippen LogP) is 7.08. The van der Waals surface area contributed by atoms with Crippen LogP contribution in [0.2, 0.25) is 0 Å². The second kappa shape index (κ2) is 11.9. The van der Waals surface area contributed by atoms with Crippen molar-refractivity contribution in [3.63, 3.8) is 0 Å². The first-order chi connectivity index (χ1) is 11.8. The Kier molecular flexibility index (Phi) is 9.80. The van der Waals surface area contributed by atoms with E-state index in [9.17, 15) is 0 Å². The molecular formula is C23H40O. The van der Waals surface area contributed by atoms with E-state index in [2.05, 4.69) is 38.2 Å². The summed E-state index contributed by atoms with van der Waals surface area (Å²) in [5.41, 5.74) is 0. The molecule has 0 amide bonds. The Morgan fingerprint density at radius 3 is 2.08 bits per heavy atom. The maximum atomic E-state index is 6.04. The van der Waals surface area contributed by atoms with Crippen LogP contribution in [0.25, 0.3) is 0 Å². The van der Waals surface area contributed by atoms with Crippen LogP contribution in [0.15, 0.2) is 24.3 Å². The lowest BCUT2D eigenvalue weighted by atomic mass is 9.70. The van der Waals surface area contributed by atoms with Gasteiger partial charge in [0, 0.05) is 0 Å². The van der Waals surface area contributed by atoms with Crippen molar-refractivity contribution in [1.29, 1.82) is 0 Å². The molecule has 0 spiro atoms. The molecule has 0 unspecified atom stereocenters. The molecule has 2 rings (SSSR count). The largest absolute Gasteiger partial charge is 0.378 e. The van der Waals surface area contributed by atoms with E-state index >= 15 is 0 Å². The third-order valence-electron chi connectivity index (χ3n) is 6.29. The Balaban J connectivity index is 1.57. The zero-order valence-corrected chi connectivity index (χ0v) is 16.2. The summed E-state index contributed by atoms with van der Waals surface area (Å²) in [5.74, 6) is 3.03. The Morgan fingerprint density at radius 2 is 1.46 bits per heavy atom. The van der Waals surface area contributed by atoms with E-state index < -0.39 is 0 Å². The SMILES string of the molecule is C/C=C\CCO[C@H]1CC[C@H]([C@H]2CC[C@H](CC/C=C/CC)CC2)CC1. The summed E-state index contributed by atoms with van der Waals surface area (Å²) >= 11 is 0. The lowest BCUT2D eigenvalue weighted by Gasteiger charge is -2.37. The van der Waals surface area contributed by atoms with Crippen LogP contribution >= 0.6 is 0 Å². The van der Waals surface area contributed by atoms with Gasteiger partial charge in [0.25, 0.3) is 0 Å². The Bertz CT molecular complexity index is 354. The zero-order chi connectivity index (χ0) is 17.0. The molecule has 0 bridgehead atoms. The molecule has 0 heterocycles. The molecular weight excluding hydrogens is 292 g/mol. The molecule has 138 valence electrons. The van der Waals surface area contributed by atoms with Gasteiger partial charge in [0.05, 0.1) is 12.7 Å². The molecule has 0 saturated heterocycles. The Labute approximate surface area is 150 Å². The average molecular weight is 333 g/mol. The summed E-state index contributed by atoms with van der Waals surface area (Å²) in [6.45, 7) is 5.23. The molecule has 24 heavy (non-hydrogen) atoms. The number of allylic oxidation sites excluding steroid dienone is 3. The fourth-order valence-electron chi connectivity index (χ4n) is 4.76. The quantitative estimate of drug-likeness (QED) is 0.324. The average Bonchev–Trinajstić information content (AvgIpc) is 2.64. The second-order valence-electron chi connectivity index (χ2n) is 8.00. The van der Waals surface area contributed by atoms with Crippen molar-refractivity contribution in [2.75, 3.05) is 6.61 Å². The highest BCUT2D eigenvalue weighted by Gasteiger charge is 2.30. The summed E-state index contributed by atoms with van der Waals surface area (Å²) in [5, 5.41) is 0. The monoisotopic (exact) mass is 332 g/mol. The van der Waals surface area contributed by atoms with Gasteiger partial charge < -0.3 is 4.74 Å². The molecule has 1 heteroatoms. The van der Waals surface area contributed by atoms with Gasteiger partial charge >= 0.3 is 0 Å². The van der Waals surface area contributed by atoms with Crippen LogP contribution in [0, 0.1) is 17.8 Å². The normalized spacial score (nSPS) is 31.9. The summed E-state index contributed by atoms with van der Waals surface area (Å²) < 4.78 is 6.04. The van der Waals surface area contributed by atoms with Crippen molar-refractivity contribution in [2.45, 2.75) is 97.0 Å². The number of hydrogen-bond donors (Lipinski definition) is 0. The Morgan fingerprint density at radius 1 is 0.792 bits per heavy atom. The summed E-state index contributed by atoms with van der Waals surface area (Å²) in [7, 11) is 0. The molecule has 0 aromatic rings. The van der Waals surface area contributed by atoms with Crippen LogP contribution in [-0.4, -0.2) is 12.7 Å². The first-order valence-corrected chi connectivity index (χ1v) is 10.7. The minimum atomic E-state index is 0.549. The number of rotatable bonds is 9. The number of hydrogen-bond acceptors (Lipinski definition) is 1. The summed E-state index contributed by atoms with van der Waals surface area (Å²) in [4.78, 5) is 0. The zero-order valence-electron chi connectivity index (χ0n) is 16.2. The standard InChI is InChI=1S/C23H40O/c1-3-5-7-8-10-20-11-13-21(14-12-20)22-15-17-23(18-16-22)24-19-9-6-4-2/h4-7,20-23H,3,8-19H2,1-2H3/b6-4-,7-5+/t20-,21-,22-,23-. The van der Waals surface area contributed by atoms with E-state index in [1.54, 1.807) is 0 Å². The highest BCUT2D eigenvalue weighted by molar-refractivity contribution is 4.85. The van der Waals surface area contributed by atoms with Gasteiger partial charge in [0.2, 0.25) is 0 Å². The van der Waals surface area contributed by atoms with Crippen molar-refractivity contribution in [3.05, 3.63) is 24.3 Å². The van der Waals surface area contributed by atoms with Crippen molar-refractivity contribution < 1.29 is 4.74 Å². The fourth-order valence-corrected chi connectivity index (χ4v) is 4.76. The van der Waals surface area contributed by atoms with Crippen LogP contribution in [0.4, 0.5) is 0 Å². The fraction of sp³-hybridized carbons (Fsp3) is 0.826. The Hall–Kier alpha value is -0.560. The van der Waals surface area contributed by atoms with Crippen LogP contribution < -0.4 is 0 Å². The number of ether oxygens (including phenoxy) is 1. The third-order valence-corrected chi connectivity index (χ3v) is 6.29. The summed E-state index contributed by atoms with van der Waals surface area (Å²) in [6, 6.07) is 0. The van der Waals surface area contributed by atoms with Gasteiger partial charge in [0.1, 0.15) is 0 Å². The smallest absolute Gasteiger partial charge is 0.0575 e. The van der Waals surface area contributed by atoms with Crippen molar-refractivity contribution in [3.8, 4) is 0 Å². The summed E-state index contributed by atoms with van der Waals surface area (Å²) in [6.07, 6.45) is 26.0. The second-order valence-corrected chi connectivity index (χ2v) is 8.00. The molecule has 0 radical (unpaired) electrons. The first-order valence-electron chi connectivity index (χ1n) is 10.7. The molecule has 0 atom stereocenters. The van der Waals surface area contributed by atoms with Crippen LogP contribution in [-0.2, 0) is 4.74 Å². The highest BCUT2D eigenvalue weighted by Crippen LogP contribution is 2.41. The molecule has 2 saturated carbocycles. The van der Waals surface area contributed by atoms with Crippen LogP contribution in [0.5, 0.6) is 0 Å². The molecule has 1 nitrogen and oxygen atoms in total. The molecule has 2 fully saturated rings. The molecule has 0 aromatic carbocycles. The van der Waals surface area contributed by atoms with E-state index in [0.29, 0.717) is 6.10 Å². The van der Waals surface area contributed by atoms with E-state index in [0.717, 1.165) is 30.8 Å². The topological polar surface area (TPSA) is 9.23 Å². The van der Waals surface area contributed by atoms with E-state index in [4.69, 9.17) is 4.74 Å². The maximum absolute atomic E-state index is 6.04. The predicted molar refractivity (Wildman–Crippen MR) is 105 cm³/mol. The van der Waals surface area contributed by atoms with Crippen LogP contribution in [0.3, 0.4) is 0 Å². The van der Waals surface area contributed by atoms with E-state index in [1.165, 1.54) is 70.6 Å². The van der Waals surface area contributed by atoms with E-state index in [1.807, 2.05) is 0 Å².